The first kappa shape index (κ1) is 11.7. The van der Waals surface area contributed by atoms with Gasteiger partial charge in [0, 0.05) is 16.8 Å². The molecule has 0 unspecified atom stereocenters. The largest absolute Gasteiger partial charge is 0.453 e. The summed E-state index contributed by atoms with van der Waals surface area (Å²) in [5, 5.41) is 0.661. The van der Waals surface area contributed by atoms with Crippen molar-refractivity contribution in [2.24, 2.45) is 5.84 Å². The molecule has 2 rings (SSSR count). The van der Waals surface area contributed by atoms with Crippen molar-refractivity contribution in [3.8, 4) is 11.5 Å². The topological polar surface area (TPSA) is 60.2 Å². The predicted molar refractivity (Wildman–Crippen MR) is 68.3 cm³/mol. The minimum atomic E-state index is 0.479. The third-order valence-corrected chi connectivity index (χ3v) is 2.75. The highest BCUT2D eigenvalue weighted by molar-refractivity contribution is 6.31. The minimum absolute atomic E-state index is 0.479. The van der Waals surface area contributed by atoms with Gasteiger partial charge in [0.2, 0.25) is 0 Å². The molecule has 0 fully saturated rings. The second-order valence-electron chi connectivity index (χ2n) is 3.46. The van der Waals surface area contributed by atoms with Crippen molar-refractivity contribution in [1.82, 2.24) is 4.98 Å². The Balaban J connectivity index is 2.35. The summed E-state index contributed by atoms with van der Waals surface area (Å²) in [6.45, 7) is 1.89. The molecule has 5 heteroatoms. The summed E-state index contributed by atoms with van der Waals surface area (Å²) in [7, 11) is 0. The van der Waals surface area contributed by atoms with E-state index in [4.69, 9.17) is 22.2 Å². The van der Waals surface area contributed by atoms with Crippen molar-refractivity contribution in [3.05, 3.63) is 47.1 Å². The molecule has 3 N–H and O–H groups in total. The molecule has 0 bridgehead atoms. The molecule has 1 aromatic carbocycles. The molecule has 0 saturated heterocycles. The number of nitrogens with zero attached hydrogens (tertiary/aromatic N) is 1. The van der Waals surface area contributed by atoms with Gasteiger partial charge in [0.05, 0.1) is 0 Å². The number of pyridine rings is 1. The smallest absolute Gasteiger partial charge is 0.183 e. The summed E-state index contributed by atoms with van der Waals surface area (Å²) >= 11 is 6.02. The SMILES string of the molecule is Cc1c(Cl)cccc1Oc1cccnc1NN. The highest BCUT2D eigenvalue weighted by Gasteiger charge is 2.07. The van der Waals surface area contributed by atoms with Crippen LogP contribution in [-0.4, -0.2) is 4.98 Å². The molecule has 0 atom stereocenters. The molecule has 0 aliphatic heterocycles. The number of nitrogens with two attached hydrogens (primary N) is 1. The van der Waals surface area contributed by atoms with Crippen molar-refractivity contribution in [2.45, 2.75) is 6.92 Å². The average Bonchev–Trinajstić information content (AvgIpc) is 2.35. The summed E-state index contributed by atoms with van der Waals surface area (Å²) in [4.78, 5) is 4.05. The third kappa shape index (κ3) is 2.49. The Morgan fingerprint density at radius 3 is 2.76 bits per heavy atom. The van der Waals surface area contributed by atoms with E-state index in [0.717, 1.165) is 5.56 Å². The number of hydrazine groups is 1. The van der Waals surface area contributed by atoms with Crippen LogP contribution in [0.3, 0.4) is 0 Å². The van der Waals surface area contributed by atoms with Crippen LogP contribution in [0.2, 0.25) is 5.02 Å². The van der Waals surface area contributed by atoms with Crippen LogP contribution in [0, 0.1) is 6.92 Å². The molecule has 0 aliphatic carbocycles. The van der Waals surface area contributed by atoms with Crippen LogP contribution in [0.1, 0.15) is 5.56 Å². The van der Waals surface area contributed by atoms with Crippen LogP contribution in [-0.2, 0) is 0 Å². The highest BCUT2D eigenvalue weighted by atomic mass is 35.5. The van der Waals surface area contributed by atoms with Gasteiger partial charge in [0.1, 0.15) is 5.75 Å². The fraction of sp³-hybridized carbons (Fsp3) is 0.0833. The van der Waals surface area contributed by atoms with Crippen LogP contribution in [0.5, 0.6) is 11.5 Å². The first-order valence-electron chi connectivity index (χ1n) is 5.07. The van der Waals surface area contributed by atoms with E-state index in [1.807, 2.05) is 25.1 Å². The maximum absolute atomic E-state index is 6.02. The number of anilines is 1. The van der Waals surface area contributed by atoms with Gasteiger partial charge in [-0.1, -0.05) is 17.7 Å². The van der Waals surface area contributed by atoms with Crippen LogP contribution in [0.4, 0.5) is 5.82 Å². The lowest BCUT2D eigenvalue weighted by molar-refractivity contribution is 0.478. The molecule has 0 saturated carbocycles. The minimum Gasteiger partial charge on any atom is -0.453 e. The molecular weight excluding hydrogens is 238 g/mol. The number of aromatic nitrogens is 1. The molecule has 4 nitrogen and oxygen atoms in total. The molecule has 0 spiro atoms. The standard InChI is InChI=1S/C12H12ClN3O/c1-8-9(13)4-2-5-10(8)17-11-6-3-7-15-12(11)16-14/h2-7H,14H2,1H3,(H,15,16). The number of nitrogens with one attached hydrogen (secondary N) is 1. The molecule has 88 valence electrons. The lowest BCUT2D eigenvalue weighted by atomic mass is 10.2. The fourth-order valence-corrected chi connectivity index (χ4v) is 1.56. The normalized spacial score (nSPS) is 10.1. The maximum Gasteiger partial charge on any atom is 0.183 e. The van der Waals surface area contributed by atoms with Gasteiger partial charge in [-0.25, -0.2) is 10.8 Å². The van der Waals surface area contributed by atoms with Crippen molar-refractivity contribution in [3.63, 3.8) is 0 Å². The van der Waals surface area contributed by atoms with E-state index >= 15 is 0 Å². The number of ether oxygens (including phenoxy) is 1. The third-order valence-electron chi connectivity index (χ3n) is 2.35. The number of benzene rings is 1. The zero-order valence-corrected chi connectivity index (χ0v) is 10.0. The van der Waals surface area contributed by atoms with E-state index in [9.17, 15) is 0 Å². The highest BCUT2D eigenvalue weighted by Crippen LogP contribution is 2.31. The van der Waals surface area contributed by atoms with Gasteiger partial charge in [-0.15, -0.1) is 0 Å². The Bertz CT molecular complexity index is 531. The monoisotopic (exact) mass is 249 g/mol. The second kappa shape index (κ2) is 5.03. The quantitative estimate of drug-likeness (QED) is 0.648. The van der Waals surface area contributed by atoms with Crippen molar-refractivity contribution < 1.29 is 4.74 Å². The lowest BCUT2D eigenvalue weighted by Crippen LogP contribution is -2.09. The van der Waals surface area contributed by atoms with Crippen LogP contribution < -0.4 is 16.0 Å². The Kier molecular flexibility index (Phi) is 3.46. The van der Waals surface area contributed by atoms with E-state index in [-0.39, 0.29) is 0 Å². The Hall–Kier alpha value is -1.78. The molecule has 2 aromatic rings. The van der Waals surface area contributed by atoms with Crippen LogP contribution >= 0.6 is 11.6 Å². The molecule has 0 aliphatic rings. The summed E-state index contributed by atoms with van der Waals surface area (Å²) in [5.74, 6) is 7.07. The fourth-order valence-electron chi connectivity index (χ4n) is 1.40. The average molecular weight is 250 g/mol. The van der Waals surface area contributed by atoms with Crippen LogP contribution in [0.25, 0.3) is 0 Å². The second-order valence-corrected chi connectivity index (χ2v) is 3.87. The number of halogens is 1. The molecular formula is C12H12ClN3O. The van der Waals surface area contributed by atoms with Gasteiger partial charge >= 0.3 is 0 Å². The molecule has 1 aromatic heterocycles. The zero-order valence-electron chi connectivity index (χ0n) is 9.27. The van der Waals surface area contributed by atoms with Gasteiger partial charge < -0.3 is 10.2 Å². The van der Waals surface area contributed by atoms with E-state index in [1.165, 1.54) is 0 Å². The molecule has 0 radical (unpaired) electrons. The van der Waals surface area contributed by atoms with Gasteiger partial charge in [0.15, 0.2) is 11.6 Å². The Morgan fingerprint density at radius 1 is 1.24 bits per heavy atom. The molecule has 1 heterocycles. The van der Waals surface area contributed by atoms with Gasteiger partial charge in [-0.2, -0.15) is 0 Å². The zero-order chi connectivity index (χ0) is 12.3. The summed E-state index contributed by atoms with van der Waals surface area (Å²) in [5.41, 5.74) is 3.36. The molecule has 0 amide bonds. The summed E-state index contributed by atoms with van der Waals surface area (Å²) in [6, 6.07) is 9.04. The number of rotatable bonds is 3. The van der Waals surface area contributed by atoms with Gasteiger partial charge in [0.25, 0.3) is 0 Å². The molecule has 17 heavy (non-hydrogen) atoms. The number of nitrogen functional groups attached to an aromatic ring is 1. The van der Waals surface area contributed by atoms with Crippen molar-refractivity contribution >= 4 is 17.4 Å². The Labute approximate surface area is 104 Å². The first-order valence-corrected chi connectivity index (χ1v) is 5.45. The van der Waals surface area contributed by atoms with E-state index in [1.54, 1.807) is 18.3 Å². The summed E-state index contributed by atoms with van der Waals surface area (Å²) < 4.78 is 5.72. The van der Waals surface area contributed by atoms with E-state index < -0.39 is 0 Å². The van der Waals surface area contributed by atoms with Gasteiger partial charge in [-0.3, -0.25) is 0 Å². The maximum atomic E-state index is 6.02. The van der Waals surface area contributed by atoms with Crippen LogP contribution in [0.15, 0.2) is 36.5 Å². The van der Waals surface area contributed by atoms with E-state index in [2.05, 4.69) is 10.4 Å². The lowest BCUT2D eigenvalue weighted by Gasteiger charge is -2.11. The predicted octanol–water partition coefficient (Wildman–Crippen LogP) is 3.12. The number of hydrogen-bond acceptors (Lipinski definition) is 4. The summed E-state index contributed by atoms with van der Waals surface area (Å²) in [6.07, 6.45) is 1.63. The van der Waals surface area contributed by atoms with Gasteiger partial charge in [-0.05, 0) is 31.2 Å². The first-order chi connectivity index (χ1) is 8.22. The van der Waals surface area contributed by atoms with Crippen molar-refractivity contribution in [2.75, 3.05) is 5.43 Å². The number of hydrogen-bond donors (Lipinski definition) is 2. The Morgan fingerprint density at radius 2 is 2.00 bits per heavy atom. The van der Waals surface area contributed by atoms with Crippen molar-refractivity contribution in [1.29, 1.82) is 0 Å². The van der Waals surface area contributed by atoms with E-state index in [0.29, 0.717) is 22.3 Å².